The van der Waals surface area contributed by atoms with Crippen molar-refractivity contribution in [3.05, 3.63) is 0 Å². The Labute approximate surface area is 129 Å². The highest BCUT2D eigenvalue weighted by Crippen LogP contribution is 2.07. The van der Waals surface area contributed by atoms with E-state index in [2.05, 4.69) is 29.8 Å². The van der Waals surface area contributed by atoms with Crippen LogP contribution in [0, 0.1) is 5.92 Å². The van der Waals surface area contributed by atoms with E-state index >= 15 is 0 Å². The van der Waals surface area contributed by atoms with Crippen molar-refractivity contribution in [2.45, 2.75) is 72.5 Å². The summed E-state index contributed by atoms with van der Waals surface area (Å²) in [4.78, 5) is 23.9. The first-order valence-electron chi connectivity index (χ1n) is 8.03. The van der Waals surface area contributed by atoms with Crippen molar-refractivity contribution in [1.29, 1.82) is 0 Å². The Morgan fingerprint density at radius 1 is 0.905 bits per heavy atom. The van der Waals surface area contributed by atoms with Gasteiger partial charge in [-0.05, 0) is 6.42 Å². The van der Waals surface area contributed by atoms with Gasteiger partial charge in [-0.15, -0.1) is 0 Å². The van der Waals surface area contributed by atoms with Gasteiger partial charge in [0, 0.05) is 37.5 Å². The van der Waals surface area contributed by atoms with E-state index in [1.54, 1.807) is 0 Å². The molecule has 0 saturated heterocycles. The van der Waals surface area contributed by atoms with E-state index in [4.69, 9.17) is 0 Å². The molecule has 0 aliphatic heterocycles. The summed E-state index contributed by atoms with van der Waals surface area (Å²) in [7, 11) is 0. The molecule has 1 unspecified atom stereocenters. The van der Waals surface area contributed by atoms with Crippen LogP contribution in [0.5, 0.6) is 0 Å². The Morgan fingerprint density at radius 2 is 1.52 bits per heavy atom. The molecule has 0 fully saturated rings. The van der Waals surface area contributed by atoms with Crippen LogP contribution in [0.15, 0.2) is 0 Å². The molecule has 1 amide bonds. The van der Waals surface area contributed by atoms with Crippen LogP contribution in [0.3, 0.4) is 0 Å². The van der Waals surface area contributed by atoms with Crippen LogP contribution >= 0.6 is 0 Å². The van der Waals surface area contributed by atoms with Crippen molar-refractivity contribution in [2.24, 2.45) is 5.92 Å². The van der Waals surface area contributed by atoms with Crippen molar-refractivity contribution < 1.29 is 9.59 Å². The van der Waals surface area contributed by atoms with Gasteiger partial charge in [0.2, 0.25) is 5.91 Å². The van der Waals surface area contributed by atoms with Gasteiger partial charge < -0.3 is 16.0 Å². The molecular formula is C16H33N3O2. The standard InChI is InChI=1S/C16H33N3O2/c1-11(2)16(21)14(19-13(5)6)7-8-15(20)18-10-9-17-12(3)4/h11-14,17,19H,7-10H2,1-6H3,(H,18,20). The molecule has 0 saturated carbocycles. The van der Waals surface area contributed by atoms with Crippen LogP contribution in [0.2, 0.25) is 0 Å². The molecule has 124 valence electrons. The smallest absolute Gasteiger partial charge is 0.220 e. The zero-order valence-electron chi connectivity index (χ0n) is 14.5. The lowest BCUT2D eigenvalue weighted by Crippen LogP contribution is -2.43. The fourth-order valence-corrected chi connectivity index (χ4v) is 2.04. The highest BCUT2D eigenvalue weighted by Gasteiger charge is 2.22. The molecule has 0 aliphatic carbocycles. The van der Waals surface area contributed by atoms with Gasteiger partial charge in [0.25, 0.3) is 0 Å². The molecule has 0 heterocycles. The molecule has 0 rings (SSSR count). The molecule has 0 radical (unpaired) electrons. The summed E-state index contributed by atoms with van der Waals surface area (Å²) in [5, 5.41) is 9.37. The molecule has 0 spiro atoms. The van der Waals surface area contributed by atoms with Gasteiger partial charge in [-0.1, -0.05) is 41.5 Å². The average molecular weight is 299 g/mol. The van der Waals surface area contributed by atoms with E-state index in [1.807, 2.05) is 27.7 Å². The second kappa shape index (κ2) is 10.7. The van der Waals surface area contributed by atoms with Crippen LogP contribution in [-0.4, -0.2) is 42.9 Å². The maximum atomic E-state index is 12.1. The first-order chi connectivity index (χ1) is 9.73. The highest BCUT2D eigenvalue weighted by molar-refractivity contribution is 5.86. The molecule has 0 aromatic carbocycles. The fourth-order valence-electron chi connectivity index (χ4n) is 2.04. The zero-order valence-corrected chi connectivity index (χ0v) is 14.5. The van der Waals surface area contributed by atoms with Gasteiger partial charge in [-0.3, -0.25) is 9.59 Å². The zero-order chi connectivity index (χ0) is 16.4. The number of hydrogen-bond acceptors (Lipinski definition) is 4. The largest absolute Gasteiger partial charge is 0.355 e. The van der Waals surface area contributed by atoms with Gasteiger partial charge in [-0.2, -0.15) is 0 Å². The Morgan fingerprint density at radius 3 is 2.00 bits per heavy atom. The Kier molecular flexibility index (Phi) is 10.3. The molecule has 5 nitrogen and oxygen atoms in total. The minimum absolute atomic E-state index is 0.00710. The first kappa shape index (κ1) is 20.1. The number of ketones is 1. The molecule has 0 aromatic heterocycles. The Bertz CT molecular complexity index is 315. The molecule has 0 bridgehead atoms. The monoisotopic (exact) mass is 299 g/mol. The summed E-state index contributed by atoms with van der Waals surface area (Å²) in [5.74, 6) is 0.171. The number of amides is 1. The fraction of sp³-hybridized carbons (Fsp3) is 0.875. The van der Waals surface area contributed by atoms with Crippen LogP contribution < -0.4 is 16.0 Å². The van der Waals surface area contributed by atoms with Crippen LogP contribution in [0.1, 0.15) is 54.4 Å². The van der Waals surface area contributed by atoms with Crippen LogP contribution in [-0.2, 0) is 9.59 Å². The first-order valence-corrected chi connectivity index (χ1v) is 8.03. The number of Topliss-reactive ketones (excluding diaryl/α,β-unsaturated/α-hetero) is 1. The van der Waals surface area contributed by atoms with E-state index in [9.17, 15) is 9.59 Å². The third-order valence-corrected chi connectivity index (χ3v) is 3.11. The molecule has 0 aliphatic rings. The minimum Gasteiger partial charge on any atom is -0.355 e. The van der Waals surface area contributed by atoms with Crippen molar-refractivity contribution in [1.82, 2.24) is 16.0 Å². The van der Waals surface area contributed by atoms with Crippen LogP contribution in [0.25, 0.3) is 0 Å². The normalized spacial score (nSPS) is 13.0. The number of nitrogens with one attached hydrogen (secondary N) is 3. The summed E-state index contributed by atoms with van der Waals surface area (Å²) in [5.41, 5.74) is 0. The molecule has 1 atom stereocenters. The third-order valence-electron chi connectivity index (χ3n) is 3.11. The van der Waals surface area contributed by atoms with Crippen molar-refractivity contribution >= 4 is 11.7 Å². The number of hydrogen-bond donors (Lipinski definition) is 3. The second-order valence-electron chi connectivity index (χ2n) is 6.43. The number of carbonyl (C=O) groups excluding carboxylic acids is 2. The lowest BCUT2D eigenvalue weighted by Gasteiger charge is -2.21. The van der Waals surface area contributed by atoms with Gasteiger partial charge in [-0.25, -0.2) is 0 Å². The molecule has 3 N–H and O–H groups in total. The predicted molar refractivity (Wildman–Crippen MR) is 87.3 cm³/mol. The van der Waals surface area contributed by atoms with Crippen molar-refractivity contribution in [3.63, 3.8) is 0 Å². The van der Waals surface area contributed by atoms with Gasteiger partial charge >= 0.3 is 0 Å². The van der Waals surface area contributed by atoms with E-state index in [-0.39, 0.29) is 29.7 Å². The molecule has 21 heavy (non-hydrogen) atoms. The third kappa shape index (κ3) is 10.4. The van der Waals surface area contributed by atoms with E-state index < -0.39 is 0 Å². The summed E-state index contributed by atoms with van der Waals surface area (Å²) in [6.07, 6.45) is 0.934. The lowest BCUT2D eigenvalue weighted by molar-refractivity contribution is -0.125. The number of carbonyl (C=O) groups is 2. The average Bonchev–Trinajstić information content (AvgIpc) is 2.37. The summed E-state index contributed by atoms with van der Waals surface area (Å²) >= 11 is 0. The summed E-state index contributed by atoms with van der Waals surface area (Å²) in [6, 6.07) is 0.422. The van der Waals surface area contributed by atoms with Crippen molar-refractivity contribution in [2.75, 3.05) is 13.1 Å². The quantitative estimate of drug-likeness (QED) is 0.505. The topological polar surface area (TPSA) is 70.2 Å². The molecular weight excluding hydrogens is 266 g/mol. The molecule has 0 aromatic rings. The Hall–Kier alpha value is -0.940. The maximum Gasteiger partial charge on any atom is 0.220 e. The summed E-state index contributed by atoms with van der Waals surface area (Å²) < 4.78 is 0. The lowest BCUT2D eigenvalue weighted by atomic mass is 9.97. The van der Waals surface area contributed by atoms with Crippen molar-refractivity contribution in [3.8, 4) is 0 Å². The minimum atomic E-state index is -0.232. The van der Waals surface area contributed by atoms with E-state index in [0.717, 1.165) is 6.54 Å². The maximum absolute atomic E-state index is 12.1. The van der Waals surface area contributed by atoms with Gasteiger partial charge in [0.1, 0.15) is 0 Å². The number of rotatable bonds is 11. The predicted octanol–water partition coefficient (Wildman–Crippen LogP) is 1.47. The van der Waals surface area contributed by atoms with Gasteiger partial charge in [0.05, 0.1) is 6.04 Å². The SMILES string of the molecule is CC(C)NCCNC(=O)CCC(NC(C)C)C(=O)C(C)C. The highest BCUT2D eigenvalue weighted by atomic mass is 16.1. The molecule has 5 heteroatoms. The Balaban J connectivity index is 4.10. The van der Waals surface area contributed by atoms with Gasteiger partial charge in [0.15, 0.2) is 5.78 Å². The van der Waals surface area contributed by atoms with E-state index in [1.165, 1.54) is 0 Å². The summed E-state index contributed by atoms with van der Waals surface area (Å²) in [6.45, 7) is 13.4. The second-order valence-corrected chi connectivity index (χ2v) is 6.43. The van der Waals surface area contributed by atoms with Crippen LogP contribution in [0.4, 0.5) is 0 Å². The van der Waals surface area contributed by atoms with E-state index in [0.29, 0.717) is 25.4 Å².